The molecule has 1 aliphatic rings. The molecule has 0 spiro atoms. The summed E-state index contributed by atoms with van der Waals surface area (Å²) in [6, 6.07) is 21.7. The summed E-state index contributed by atoms with van der Waals surface area (Å²) in [6.45, 7) is 1.12. The summed E-state index contributed by atoms with van der Waals surface area (Å²) in [7, 11) is 0. The lowest BCUT2D eigenvalue weighted by Gasteiger charge is -2.20. The highest BCUT2D eigenvalue weighted by atomic mass is 35.5. The number of fused-ring (bicyclic) bond motifs is 2. The van der Waals surface area contributed by atoms with Crippen molar-refractivity contribution in [3.63, 3.8) is 0 Å². The maximum Gasteiger partial charge on any atom is 0.163 e. The molecule has 0 bridgehead atoms. The zero-order valence-electron chi connectivity index (χ0n) is 17.4. The molecular formula is C26H18ClN3O2S. The minimum atomic E-state index is 0.548. The fraction of sp³-hybridized carbons (Fsp3) is 0.0769. The Labute approximate surface area is 199 Å². The Balaban J connectivity index is 1.44. The average Bonchev–Trinajstić information content (AvgIpc) is 3.35. The number of hydrogen-bond donors (Lipinski definition) is 1. The minimum absolute atomic E-state index is 0.548. The van der Waals surface area contributed by atoms with Crippen molar-refractivity contribution in [2.75, 3.05) is 18.5 Å². The molecule has 0 unspecified atom stereocenters. The maximum atomic E-state index is 6.05. The number of pyridine rings is 1. The molecule has 162 valence electrons. The molecule has 2 aromatic heterocycles. The smallest absolute Gasteiger partial charge is 0.163 e. The lowest BCUT2D eigenvalue weighted by atomic mass is 10.1. The van der Waals surface area contributed by atoms with Crippen molar-refractivity contribution < 1.29 is 9.47 Å². The molecule has 5 nitrogen and oxygen atoms in total. The first kappa shape index (κ1) is 20.0. The van der Waals surface area contributed by atoms with Gasteiger partial charge in [-0.1, -0.05) is 41.9 Å². The second-order valence-corrected chi connectivity index (χ2v) is 8.89. The molecule has 3 heterocycles. The first-order chi connectivity index (χ1) is 16.2. The predicted octanol–water partition coefficient (Wildman–Crippen LogP) is 7.19. The number of para-hydroxylation sites is 1. The van der Waals surface area contributed by atoms with E-state index in [1.807, 2.05) is 66.9 Å². The third kappa shape index (κ3) is 3.88. The normalized spacial score (nSPS) is 12.6. The van der Waals surface area contributed by atoms with Crippen molar-refractivity contribution >= 4 is 45.2 Å². The highest BCUT2D eigenvalue weighted by molar-refractivity contribution is 7.13. The van der Waals surface area contributed by atoms with Gasteiger partial charge in [0, 0.05) is 39.3 Å². The van der Waals surface area contributed by atoms with Gasteiger partial charge in [0.2, 0.25) is 0 Å². The van der Waals surface area contributed by atoms with Crippen LogP contribution in [0.15, 0.2) is 78.3 Å². The minimum Gasteiger partial charge on any atom is -0.486 e. The van der Waals surface area contributed by atoms with E-state index in [1.54, 1.807) is 11.3 Å². The number of aromatic nitrogens is 2. The zero-order valence-corrected chi connectivity index (χ0v) is 19.0. The van der Waals surface area contributed by atoms with Gasteiger partial charge >= 0.3 is 0 Å². The summed E-state index contributed by atoms with van der Waals surface area (Å²) < 4.78 is 11.4. The molecule has 3 aromatic carbocycles. The van der Waals surface area contributed by atoms with Gasteiger partial charge in [0.25, 0.3) is 0 Å². The van der Waals surface area contributed by atoms with Gasteiger partial charge in [0.1, 0.15) is 18.2 Å². The van der Waals surface area contributed by atoms with Crippen LogP contribution in [-0.2, 0) is 0 Å². The quantitative estimate of drug-likeness (QED) is 0.300. The first-order valence-corrected chi connectivity index (χ1v) is 11.8. The van der Waals surface area contributed by atoms with Gasteiger partial charge < -0.3 is 14.8 Å². The topological polar surface area (TPSA) is 56.3 Å². The zero-order chi connectivity index (χ0) is 22.2. The Hall–Kier alpha value is -3.61. The highest BCUT2D eigenvalue weighted by Crippen LogP contribution is 2.40. The summed E-state index contributed by atoms with van der Waals surface area (Å²) in [5.41, 5.74) is 5.65. The molecule has 0 aliphatic carbocycles. The van der Waals surface area contributed by atoms with E-state index < -0.39 is 0 Å². The SMILES string of the molecule is Clc1ccc(-c2csc(-c3cnc4ccccc4c3Nc3ccc4c(c3)OCCO4)n2)cc1. The molecule has 7 heteroatoms. The highest BCUT2D eigenvalue weighted by Gasteiger charge is 2.17. The Bertz CT molecular complexity index is 1470. The van der Waals surface area contributed by atoms with E-state index in [0.29, 0.717) is 18.2 Å². The van der Waals surface area contributed by atoms with Crippen molar-refractivity contribution in [1.82, 2.24) is 9.97 Å². The fourth-order valence-corrected chi connectivity index (χ4v) is 4.83. The summed E-state index contributed by atoms with van der Waals surface area (Å²) in [5, 5.41) is 8.27. The van der Waals surface area contributed by atoms with Gasteiger partial charge in [-0.05, 0) is 30.3 Å². The number of nitrogens with one attached hydrogen (secondary N) is 1. The predicted molar refractivity (Wildman–Crippen MR) is 134 cm³/mol. The summed E-state index contributed by atoms with van der Waals surface area (Å²) >= 11 is 7.64. The van der Waals surface area contributed by atoms with E-state index in [9.17, 15) is 0 Å². The van der Waals surface area contributed by atoms with Crippen LogP contribution in [0.5, 0.6) is 11.5 Å². The number of rotatable bonds is 4. The second kappa shape index (κ2) is 8.39. The Kier molecular flexibility index (Phi) is 5.09. The summed E-state index contributed by atoms with van der Waals surface area (Å²) in [4.78, 5) is 9.60. The van der Waals surface area contributed by atoms with Crippen molar-refractivity contribution in [3.05, 3.63) is 83.3 Å². The van der Waals surface area contributed by atoms with Crippen LogP contribution in [0.3, 0.4) is 0 Å². The molecule has 0 amide bonds. The van der Waals surface area contributed by atoms with E-state index >= 15 is 0 Å². The monoisotopic (exact) mass is 471 g/mol. The lowest BCUT2D eigenvalue weighted by molar-refractivity contribution is 0.171. The van der Waals surface area contributed by atoms with Crippen LogP contribution in [0.25, 0.3) is 32.7 Å². The van der Waals surface area contributed by atoms with Gasteiger partial charge in [0.05, 0.1) is 22.5 Å². The Morgan fingerprint density at radius 1 is 0.909 bits per heavy atom. The van der Waals surface area contributed by atoms with Crippen molar-refractivity contribution in [2.45, 2.75) is 0 Å². The molecular weight excluding hydrogens is 454 g/mol. The standard InChI is InChI=1S/C26H18ClN3O2S/c27-17-7-5-16(6-8-17)22-15-33-26(30-22)20-14-28-21-4-2-1-3-19(21)25(20)29-18-9-10-23-24(13-18)32-12-11-31-23/h1-10,13-15H,11-12H2,(H,28,29). The lowest BCUT2D eigenvalue weighted by Crippen LogP contribution is -2.15. The molecule has 0 saturated heterocycles. The van der Waals surface area contributed by atoms with E-state index in [0.717, 1.165) is 55.6 Å². The molecule has 5 aromatic rings. The van der Waals surface area contributed by atoms with E-state index in [-0.39, 0.29) is 0 Å². The van der Waals surface area contributed by atoms with Crippen LogP contribution >= 0.6 is 22.9 Å². The van der Waals surface area contributed by atoms with E-state index in [2.05, 4.69) is 21.7 Å². The van der Waals surface area contributed by atoms with Gasteiger partial charge in [-0.25, -0.2) is 4.98 Å². The van der Waals surface area contributed by atoms with Crippen LogP contribution in [0.4, 0.5) is 11.4 Å². The number of thiazole rings is 1. The van der Waals surface area contributed by atoms with E-state index in [1.165, 1.54) is 0 Å². The third-order valence-corrected chi connectivity index (χ3v) is 6.59. The van der Waals surface area contributed by atoms with Crippen molar-refractivity contribution in [1.29, 1.82) is 0 Å². The Morgan fingerprint density at radius 3 is 2.61 bits per heavy atom. The number of halogens is 1. The number of nitrogens with zero attached hydrogens (tertiary/aromatic N) is 2. The largest absolute Gasteiger partial charge is 0.486 e. The molecule has 0 saturated carbocycles. The van der Waals surface area contributed by atoms with Crippen LogP contribution in [0.1, 0.15) is 0 Å². The molecule has 6 rings (SSSR count). The van der Waals surface area contributed by atoms with E-state index in [4.69, 9.17) is 26.1 Å². The molecule has 0 fully saturated rings. The molecule has 1 N–H and O–H groups in total. The molecule has 33 heavy (non-hydrogen) atoms. The summed E-state index contributed by atoms with van der Waals surface area (Å²) in [6.07, 6.45) is 1.88. The van der Waals surface area contributed by atoms with Crippen LogP contribution in [0.2, 0.25) is 5.02 Å². The second-order valence-electron chi connectivity index (χ2n) is 7.59. The van der Waals surface area contributed by atoms with Gasteiger partial charge in [-0.15, -0.1) is 11.3 Å². The molecule has 0 radical (unpaired) electrons. The van der Waals surface area contributed by atoms with Gasteiger partial charge in [0.15, 0.2) is 11.5 Å². The van der Waals surface area contributed by atoms with Crippen LogP contribution in [-0.4, -0.2) is 23.2 Å². The first-order valence-electron chi connectivity index (χ1n) is 10.5. The average molecular weight is 472 g/mol. The number of ether oxygens (including phenoxy) is 2. The number of benzene rings is 3. The maximum absolute atomic E-state index is 6.05. The molecule has 1 aliphatic heterocycles. The van der Waals surface area contributed by atoms with Crippen molar-refractivity contribution in [3.8, 4) is 33.3 Å². The number of hydrogen-bond acceptors (Lipinski definition) is 6. The van der Waals surface area contributed by atoms with Gasteiger partial charge in [-0.2, -0.15) is 0 Å². The van der Waals surface area contributed by atoms with Crippen LogP contribution < -0.4 is 14.8 Å². The van der Waals surface area contributed by atoms with Gasteiger partial charge in [-0.3, -0.25) is 4.98 Å². The number of anilines is 2. The third-order valence-electron chi connectivity index (χ3n) is 5.46. The summed E-state index contributed by atoms with van der Waals surface area (Å²) in [5.74, 6) is 1.50. The van der Waals surface area contributed by atoms with Crippen molar-refractivity contribution in [2.24, 2.45) is 0 Å². The van der Waals surface area contributed by atoms with Crippen LogP contribution in [0, 0.1) is 0 Å². The Morgan fingerprint density at radius 2 is 1.73 bits per heavy atom. The fourth-order valence-electron chi connectivity index (χ4n) is 3.85. The molecule has 0 atom stereocenters.